The first kappa shape index (κ1) is 14.9. The molecule has 1 nitrogen and oxygen atoms in total. The van der Waals surface area contributed by atoms with Gasteiger partial charge in [-0.2, -0.15) is 0 Å². The molecule has 2 rings (SSSR count). The molecule has 0 N–H and O–H groups in total. The molecule has 0 aliphatic heterocycles. The summed E-state index contributed by atoms with van der Waals surface area (Å²) in [5.41, 5.74) is 5.56. The van der Waals surface area contributed by atoms with Gasteiger partial charge in [0.15, 0.2) is 5.78 Å². The number of hydrogen-bond donors (Lipinski definition) is 0. The van der Waals surface area contributed by atoms with Gasteiger partial charge in [-0.25, -0.2) is 0 Å². The number of Topliss-reactive ketones (excluding diaryl/α,β-unsaturated/α-hetero) is 1. The van der Waals surface area contributed by atoms with Gasteiger partial charge in [-0.05, 0) is 37.5 Å². The maximum absolute atomic E-state index is 12.4. The molecule has 104 valence electrons. The van der Waals surface area contributed by atoms with Crippen LogP contribution in [-0.2, 0) is 5.75 Å². The summed E-state index contributed by atoms with van der Waals surface area (Å²) in [6.07, 6.45) is 0. The molecule has 0 heterocycles. The Morgan fingerprint density at radius 3 is 2.20 bits per heavy atom. The van der Waals surface area contributed by atoms with Gasteiger partial charge < -0.3 is 0 Å². The Balaban J connectivity index is 1.99. The van der Waals surface area contributed by atoms with Gasteiger partial charge >= 0.3 is 0 Å². The Bertz CT molecular complexity index is 579. The molecule has 0 radical (unpaired) electrons. The van der Waals surface area contributed by atoms with Crippen LogP contribution < -0.4 is 0 Å². The van der Waals surface area contributed by atoms with Crippen molar-refractivity contribution in [3.8, 4) is 0 Å². The van der Waals surface area contributed by atoms with Crippen LogP contribution in [0.3, 0.4) is 0 Å². The van der Waals surface area contributed by atoms with E-state index < -0.39 is 0 Å². The van der Waals surface area contributed by atoms with Crippen molar-refractivity contribution in [2.75, 3.05) is 5.75 Å². The second kappa shape index (κ2) is 6.76. The molecule has 0 unspecified atom stereocenters. The number of thioether (sulfide) groups is 1. The van der Waals surface area contributed by atoms with E-state index in [1.54, 1.807) is 11.8 Å². The molecular weight excluding hydrogens is 264 g/mol. The summed E-state index contributed by atoms with van der Waals surface area (Å²) in [6, 6.07) is 14.4. The highest BCUT2D eigenvalue weighted by Gasteiger charge is 2.12. The zero-order chi connectivity index (χ0) is 14.5. The van der Waals surface area contributed by atoms with Crippen molar-refractivity contribution in [2.24, 2.45) is 0 Å². The van der Waals surface area contributed by atoms with E-state index in [9.17, 15) is 4.79 Å². The quantitative estimate of drug-likeness (QED) is 0.738. The Morgan fingerprint density at radius 2 is 1.60 bits per heavy atom. The van der Waals surface area contributed by atoms with Crippen LogP contribution in [0.5, 0.6) is 0 Å². The van der Waals surface area contributed by atoms with Gasteiger partial charge in [-0.1, -0.05) is 48.0 Å². The monoisotopic (exact) mass is 284 g/mol. The lowest BCUT2D eigenvalue weighted by molar-refractivity contribution is 0.102. The van der Waals surface area contributed by atoms with Crippen LogP contribution in [0.25, 0.3) is 0 Å². The Morgan fingerprint density at radius 1 is 1.00 bits per heavy atom. The van der Waals surface area contributed by atoms with Gasteiger partial charge in [-0.3, -0.25) is 4.79 Å². The van der Waals surface area contributed by atoms with Crippen molar-refractivity contribution in [3.63, 3.8) is 0 Å². The molecule has 2 aromatic carbocycles. The maximum atomic E-state index is 12.4. The van der Waals surface area contributed by atoms with Crippen LogP contribution in [0.15, 0.2) is 42.5 Å². The number of ketones is 1. The number of carbonyl (C=O) groups is 1. The summed E-state index contributed by atoms with van der Waals surface area (Å²) in [6.45, 7) is 6.11. The number of hydrogen-bond acceptors (Lipinski definition) is 2. The average molecular weight is 284 g/mol. The molecule has 2 aromatic rings. The molecule has 0 bridgehead atoms. The number of rotatable bonds is 5. The molecule has 0 aliphatic carbocycles. The van der Waals surface area contributed by atoms with Crippen LogP contribution in [-0.4, -0.2) is 11.5 Å². The predicted octanol–water partition coefficient (Wildman–Crippen LogP) is 4.73. The van der Waals surface area contributed by atoms with Gasteiger partial charge in [0.1, 0.15) is 0 Å². The van der Waals surface area contributed by atoms with E-state index in [2.05, 4.69) is 31.2 Å². The molecule has 0 aliphatic rings. The summed E-state index contributed by atoms with van der Waals surface area (Å²) in [4.78, 5) is 12.4. The largest absolute Gasteiger partial charge is 0.293 e. The minimum Gasteiger partial charge on any atom is -0.293 e. The van der Waals surface area contributed by atoms with Gasteiger partial charge in [0.25, 0.3) is 0 Å². The summed E-state index contributed by atoms with van der Waals surface area (Å²) in [7, 11) is 0. The van der Waals surface area contributed by atoms with Gasteiger partial charge in [0.05, 0.1) is 5.75 Å². The Hall–Kier alpha value is -1.54. The Labute approximate surface area is 125 Å². The second-order valence-electron chi connectivity index (χ2n) is 5.18. The minimum absolute atomic E-state index is 0.237. The van der Waals surface area contributed by atoms with E-state index in [0.29, 0.717) is 5.75 Å². The number of benzene rings is 2. The topological polar surface area (TPSA) is 17.1 Å². The third kappa shape index (κ3) is 3.73. The first-order chi connectivity index (χ1) is 9.58. The third-order valence-corrected chi connectivity index (χ3v) is 4.30. The molecular formula is C18H20OS. The van der Waals surface area contributed by atoms with Crippen LogP contribution >= 0.6 is 11.8 Å². The normalized spacial score (nSPS) is 10.6. The van der Waals surface area contributed by atoms with E-state index in [0.717, 1.165) is 22.4 Å². The van der Waals surface area contributed by atoms with Crippen LogP contribution in [0, 0.1) is 20.8 Å². The summed E-state index contributed by atoms with van der Waals surface area (Å²) >= 11 is 1.68. The third-order valence-electron chi connectivity index (χ3n) is 3.30. The molecule has 0 amide bonds. The molecule has 0 saturated heterocycles. The molecule has 0 saturated carbocycles. The highest BCUT2D eigenvalue weighted by atomic mass is 32.2. The van der Waals surface area contributed by atoms with E-state index in [-0.39, 0.29) is 5.78 Å². The van der Waals surface area contributed by atoms with Gasteiger partial charge in [-0.15, -0.1) is 11.8 Å². The molecule has 0 aromatic heterocycles. The molecule has 0 spiro atoms. The van der Waals surface area contributed by atoms with E-state index >= 15 is 0 Å². The minimum atomic E-state index is 0.237. The Kier molecular flexibility index (Phi) is 5.02. The number of carbonyl (C=O) groups excluding carboxylic acids is 1. The fourth-order valence-electron chi connectivity index (χ4n) is 2.53. The fourth-order valence-corrected chi connectivity index (χ4v) is 3.39. The van der Waals surface area contributed by atoms with Crippen LogP contribution in [0.2, 0.25) is 0 Å². The first-order valence-corrected chi connectivity index (χ1v) is 7.96. The lowest BCUT2D eigenvalue weighted by Gasteiger charge is -2.10. The van der Waals surface area contributed by atoms with Crippen molar-refractivity contribution < 1.29 is 4.79 Å². The van der Waals surface area contributed by atoms with Crippen molar-refractivity contribution >= 4 is 17.5 Å². The zero-order valence-corrected chi connectivity index (χ0v) is 13.1. The van der Waals surface area contributed by atoms with E-state index in [1.807, 2.05) is 32.0 Å². The summed E-state index contributed by atoms with van der Waals surface area (Å²) in [5.74, 6) is 1.66. The van der Waals surface area contributed by atoms with Crippen molar-refractivity contribution in [3.05, 3.63) is 70.3 Å². The molecule has 0 atom stereocenters. The van der Waals surface area contributed by atoms with E-state index in [1.165, 1.54) is 11.1 Å². The highest BCUT2D eigenvalue weighted by Crippen LogP contribution is 2.20. The second-order valence-corrected chi connectivity index (χ2v) is 6.16. The SMILES string of the molecule is Cc1cc(C)c(C(=O)CSCc2ccccc2)c(C)c1. The average Bonchev–Trinajstić information content (AvgIpc) is 2.38. The van der Waals surface area contributed by atoms with Crippen molar-refractivity contribution in [1.29, 1.82) is 0 Å². The molecule has 0 fully saturated rings. The van der Waals surface area contributed by atoms with E-state index in [4.69, 9.17) is 0 Å². The lowest BCUT2D eigenvalue weighted by Crippen LogP contribution is -2.08. The van der Waals surface area contributed by atoms with Crippen LogP contribution in [0.1, 0.15) is 32.6 Å². The summed E-state index contributed by atoms with van der Waals surface area (Å²) in [5, 5.41) is 0. The standard InChI is InChI=1S/C18H20OS/c1-13-9-14(2)18(15(3)10-13)17(19)12-20-11-16-7-5-4-6-8-16/h4-10H,11-12H2,1-3H3. The van der Waals surface area contributed by atoms with Gasteiger partial charge in [0.2, 0.25) is 0 Å². The summed E-state index contributed by atoms with van der Waals surface area (Å²) < 4.78 is 0. The zero-order valence-electron chi connectivity index (χ0n) is 12.3. The van der Waals surface area contributed by atoms with Crippen molar-refractivity contribution in [2.45, 2.75) is 26.5 Å². The first-order valence-electron chi connectivity index (χ1n) is 6.80. The maximum Gasteiger partial charge on any atom is 0.173 e. The number of aryl methyl sites for hydroxylation is 3. The fraction of sp³-hybridized carbons (Fsp3) is 0.278. The lowest BCUT2D eigenvalue weighted by atomic mass is 9.97. The highest BCUT2D eigenvalue weighted by molar-refractivity contribution is 7.99. The van der Waals surface area contributed by atoms with Crippen LogP contribution in [0.4, 0.5) is 0 Å². The predicted molar refractivity (Wildman–Crippen MR) is 87.6 cm³/mol. The van der Waals surface area contributed by atoms with Gasteiger partial charge in [0, 0.05) is 11.3 Å². The smallest absolute Gasteiger partial charge is 0.173 e. The molecule has 2 heteroatoms. The van der Waals surface area contributed by atoms with Crippen molar-refractivity contribution in [1.82, 2.24) is 0 Å². The molecule has 20 heavy (non-hydrogen) atoms.